The number of benzene rings is 3. The van der Waals surface area contributed by atoms with E-state index in [0.717, 1.165) is 6.42 Å². The molecule has 0 fully saturated rings. The van der Waals surface area contributed by atoms with Gasteiger partial charge in [0.1, 0.15) is 0 Å². The van der Waals surface area contributed by atoms with Crippen LogP contribution in [0.4, 0.5) is 5.69 Å². The fourth-order valence-electron chi connectivity index (χ4n) is 2.93. The molecule has 0 aliphatic heterocycles. The van der Waals surface area contributed by atoms with Gasteiger partial charge in [0.05, 0.1) is 10.9 Å². The normalized spacial score (nSPS) is 12.6. The molecular formula is C24H28NS+. The van der Waals surface area contributed by atoms with Crippen LogP contribution >= 0.6 is 0 Å². The van der Waals surface area contributed by atoms with Crippen LogP contribution in [0.25, 0.3) is 0 Å². The van der Waals surface area contributed by atoms with Crippen molar-refractivity contribution in [2.45, 2.75) is 54.3 Å². The molecule has 3 rings (SSSR count). The zero-order valence-electron chi connectivity index (χ0n) is 16.1. The summed E-state index contributed by atoms with van der Waals surface area (Å²) in [4.78, 5) is 4.07. The summed E-state index contributed by atoms with van der Waals surface area (Å²) in [5.74, 6) is 0. The SMILES string of the molecule is CCc1ccc([S+](c2ccccc2)c2ccc(NC(C)(C)C)cc2)cc1. The number of hydrogen-bond acceptors (Lipinski definition) is 1. The van der Waals surface area contributed by atoms with Gasteiger partial charge in [-0.3, -0.25) is 0 Å². The van der Waals surface area contributed by atoms with Crippen LogP contribution in [-0.2, 0) is 17.3 Å². The van der Waals surface area contributed by atoms with E-state index in [-0.39, 0.29) is 16.4 Å². The molecular weight excluding hydrogens is 334 g/mol. The van der Waals surface area contributed by atoms with E-state index >= 15 is 0 Å². The molecule has 1 unspecified atom stereocenters. The van der Waals surface area contributed by atoms with Crippen LogP contribution in [0.15, 0.2) is 93.5 Å². The van der Waals surface area contributed by atoms with Gasteiger partial charge in [-0.15, -0.1) is 0 Å². The molecule has 0 saturated carbocycles. The van der Waals surface area contributed by atoms with E-state index in [0.29, 0.717) is 0 Å². The summed E-state index contributed by atoms with van der Waals surface area (Å²) in [5, 5.41) is 3.54. The Hall–Kier alpha value is -2.19. The first-order valence-corrected chi connectivity index (χ1v) is 10.5. The van der Waals surface area contributed by atoms with Crippen molar-refractivity contribution in [2.24, 2.45) is 0 Å². The maximum atomic E-state index is 3.54. The molecule has 134 valence electrons. The molecule has 3 aromatic carbocycles. The van der Waals surface area contributed by atoms with E-state index in [1.54, 1.807) is 0 Å². The fraction of sp³-hybridized carbons (Fsp3) is 0.250. The molecule has 0 radical (unpaired) electrons. The molecule has 3 aromatic rings. The predicted octanol–water partition coefficient (Wildman–Crippen LogP) is 6.55. The molecule has 0 aromatic heterocycles. The molecule has 0 spiro atoms. The van der Waals surface area contributed by atoms with Crippen molar-refractivity contribution in [3.63, 3.8) is 0 Å². The Bertz CT molecular complexity index is 815. The maximum absolute atomic E-state index is 3.54. The lowest BCUT2D eigenvalue weighted by atomic mass is 10.1. The first-order chi connectivity index (χ1) is 12.5. The lowest BCUT2D eigenvalue weighted by Gasteiger charge is -2.22. The average molecular weight is 363 g/mol. The van der Waals surface area contributed by atoms with Crippen molar-refractivity contribution in [1.82, 2.24) is 0 Å². The number of hydrogen-bond donors (Lipinski definition) is 1. The molecule has 0 aliphatic rings. The van der Waals surface area contributed by atoms with Crippen molar-refractivity contribution in [3.8, 4) is 0 Å². The van der Waals surface area contributed by atoms with Crippen molar-refractivity contribution in [3.05, 3.63) is 84.4 Å². The Morgan fingerprint density at radius 1 is 0.692 bits per heavy atom. The van der Waals surface area contributed by atoms with E-state index in [4.69, 9.17) is 0 Å². The van der Waals surface area contributed by atoms with E-state index < -0.39 is 0 Å². The Kier molecular flexibility index (Phi) is 5.73. The van der Waals surface area contributed by atoms with Gasteiger partial charge in [-0.05, 0) is 81.3 Å². The highest BCUT2D eigenvalue weighted by atomic mass is 32.2. The lowest BCUT2D eigenvalue weighted by Crippen LogP contribution is -2.25. The van der Waals surface area contributed by atoms with Crippen molar-refractivity contribution in [2.75, 3.05) is 5.32 Å². The number of nitrogens with one attached hydrogen (secondary N) is 1. The standard InChI is InChI=1S/C24H28NS/c1-5-19-11-15-22(16-12-19)26(21-9-7-6-8-10-21)23-17-13-20(14-18-23)25-24(2,3)4/h6-18,25H,5H2,1-4H3/q+1. The van der Waals surface area contributed by atoms with Crippen LogP contribution in [0.2, 0.25) is 0 Å². The predicted molar refractivity (Wildman–Crippen MR) is 114 cm³/mol. The molecule has 26 heavy (non-hydrogen) atoms. The summed E-state index contributed by atoms with van der Waals surface area (Å²) in [6, 6.07) is 28.8. The van der Waals surface area contributed by atoms with Crippen molar-refractivity contribution in [1.29, 1.82) is 0 Å². The number of aryl methyl sites for hydroxylation is 1. The third-order valence-electron chi connectivity index (χ3n) is 4.16. The van der Waals surface area contributed by atoms with Gasteiger partial charge < -0.3 is 5.32 Å². The van der Waals surface area contributed by atoms with E-state index in [9.17, 15) is 0 Å². The van der Waals surface area contributed by atoms with Crippen molar-refractivity contribution >= 4 is 16.6 Å². The molecule has 2 heteroatoms. The third-order valence-corrected chi connectivity index (χ3v) is 6.39. The largest absolute Gasteiger partial charge is 0.380 e. The van der Waals surface area contributed by atoms with Crippen LogP contribution in [0.3, 0.4) is 0 Å². The van der Waals surface area contributed by atoms with Gasteiger partial charge in [0.2, 0.25) is 0 Å². The van der Waals surface area contributed by atoms with Crippen LogP contribution < -0.4 is 5.32 Å². The summed E-state index contributed by atoms with van der Waals surface area (Å²) < 4.78 is 0. The maximum Gasteiger partial charge on any atom is 0.166 e. The molecule has 0 saturated heterocycles. The molecule has 1 N–H and O–H groups in total. The number of anilines is 1. The molecule has 0 bridgehead atoms. The highest BCUT2D eigenvalue weighted by Gasteiger charge is 2.28. The smallest absolute Gasteiger partial charge is 0.166 e. The quantitative estimate of drug-likeness (QED) is 0.507. The second-order valence-corrected chi connectivity index (χ2v) is 9.54. The van der Waals surface area contributed by atoms with Gasteiger partial charge in [0.25, 0.3) is 0 Å². The third kappa shape index (κ3) is 4.70. The Morgan fingerprint density at radius 2 is 1.19 bits per heavy atom. The minimum atomic E-state index is -0.0841. The Morgan fingerprint density at radius 3 is 1.69 bits per heavy atom. The minimum absolute atomic E-state index is 0.0681. The van der Waals surface area contributed by atoms with Crippen LogP contribution in [0, 0.1) is 0 Å². The van der Waals surface area contributed by atoms with Crippen LogP contribution in [-0.4, -0.2) is 5.54 Å². The van der Waals surface area contributed by atoms with Gasteiger partial charge in [0.15, 0.2) is 14.7 Å². The van der Waals surface area contributed by atoms with Gasteiger partial charge >= 0.3 is 0 Å². The first-order valence-electron chi connectivity index (χ1n) is 9.23. The monoisotopic (exact) mass is 362 g/mol. The fourth-order valence-corrected chi connectivity index (χ4v) is 5.00. The van der Waals surface area contributed by atoms with Gasteiger partial charge in [-0.2, -0.15) is 0 Å². The topological polar surface area (TPSA) is 12.0 Å². The summed E-state index contributed by atoms with van der Waals surface area (Å²) in [6.45, 7) is 8.76. The molecule has 1 nitrogen and oxygen atoms in total. The van der Waals surface area contributed by atoms with Gasteiger partial charge in [-0.25, -0.2) is 0 Å². The Balaban J connectivity index is 1.98. The first kappa shape index (κ1) is 18.6. The van der Waals surface area contributed by atoms with Crippen LogP contribution in [0.1, 0.15) is 33.3 Å². The summed E-state index contributed by atoms with van der Waals surface area (Å²) in [6.07, 6.45) is 1.08. The minimum Gasteiger partial charge on any atom is -0.380 e. The molecule has 0 aliphatic carbocycles. The zero-order chi connectivity index (χ0) is 18.6. The molecule has 1 atom stereocenters. The molecule has 0 heterocycles. The average Bonchev–Trinajstić information content (AvgIpc) is 2.64. The van der Waals surface area contributed by atoms with E-state index in [1.807, 2.05) is 0 Å². The van der Waals surface area contributed by atoms with Crippen molar-refractivity contribution < 1.29 is 0 Å². The van der Waals surface area contributed by atoms with Gasteiger partial charge in [0, 0.05) is 11.2 Å². The lowest BCUT2D eigenvalue weighted by molar-refractivity contribution is 0.634. The number of rotatable bonds is 5. The highest BCUT2D eigenvalue weighted by Crippen LogP contribution is 2.32. The second-order valence-electron chi connectivity index (χ2n) is 7.52. The Labute approximate surface area is 160 Å². The zero-order valence-corrected chi connectivity index (χ0v) is 16.9. The summed E-state index contributed by atoms with van der Waals surface area (Å²) in [5.41, 5.74) is 2.62. The van der Waals surface area contributed by atoms with E-state index in [2.05, 4.69) is 112 Å². The van der Waals surface area contributed by atoms with Crippen LogP contribution in [0.5, 0.6) is 0 Å². The van der Waals surface area contributed by atoms with E-state index in [1.165, 1.54) is 25.9 Å². The molecule has 0 amide bonds. The second kappa shape index (κ2) is 8.01. The summed E-state index contributed by atoms with van der Waals surface area (Å²) >= 11 is 0. The highest BCUT2D eigenvalue weighted by molar-refractivity contribution is 7.97. The van der Waals surface area contributed by atoms with Gasteiger partial charge in [-0.1, -0.05) is 37.3 Å². The summed E-state index contributed by atoms with van der Waals surface area (Å²) in [7, 11) is -0.0841.